The SMILES string of the molecule is CC(C)c1ccccc1NC(=O)COC(=O)C[C@@H]1C(=O)C[C@H](C)[C@H]1C[N+](=O)[O-]. The van der Waals surface area contributed by atoms with Crippen LogP contribution in [0.3, 0.4) is 0 Å². The first-order chi connectivity index (χ1) is 13.2. The van der Waals surface area contributed by atoms with Gasteiger partial charge in [0.25, 0.3) is 5.91 Å². The molecule has 28 heavy (non-hydrogen) atoms. The van der Waals surface area contributed by atoms with Gasteiger partial charge in [0.05, 0.1) is 6.42 Å². The monoisotopic (exact) mass is 390 g/mol. The lowest BCUT2D eigenvalue weighted by atomic mass is 9.88. The molecular weight excluding hydrogens is 364 g/mol. The highest BCUT2D eigenvalue weighted by Gasteiger charge is 2.44. The molecule has 0 saturated heterocycles. The predicted molar refractivity (Wildman–Crippen MR) is 102 cm³/mol. The van der Waals surface area contributed by atoms with Gasteiger partial charge in [-0.2, -0.15) is 0 Å². The van der Waals surface area contributed by atoms with Crippen molar-refractivity contribution >= 4 is 23.3 Å². The van der Waals surface area contributed by atoms with Crippen LogP contribution in [0.5, 0.6) is 0 Å². The Morgan fingerprint density at radius 2 is 2.00 bits per heavy atom. The molecular formula is C20H26N2O6. The normalized spacial score (nSPS) is 21.6. The molecule has 0 aliphatic heterocycles. The average molecular weight is 390 g/mol. The van der Waals surface area contributed by atoms with Crippen LogP contribution in [0.25, 0.3) is 0 Å². The van der Waals surface area contributed by atoms with Gasteiger partial charge in [-0.3, -0.25) is 24.5 Å². The summed E-state index contributed by atoms with van der Waals surface area (Å²) in [6.45, 7) is 4.97. The first kappa shape index (κ1) is 21.5. The van der Waals surface area contributed by atoms with E-state index in [2.05, 4.69) is 5.32 Å². The van der Waals surface area contributed by atoms with Crippen molar-refractivity contribution in [3.8, 4) is 0 Å². The largest absolute Gasteiger partial charge is 0.456 e. The van der Waals surface area contributed by atoms with E-state index in [1.54, 1.807) is 19.1 Å². The van der Waals surface area contributed by atoms with E-state index in [9.17, 15) is 24.5 Å². The van der Waals surface area contributed by atoms with Gasteiger partial charge in [-0.15, -0.1) is 0 Å². The molecule has 0 radical (unpaired) electrons. The highest BCUT2D eigenvalue weighted by atomic mass is 16.6. The molecule has 152 valence electrons. The van der Waals surface area contributed by atoms with Crippen LogP contribution in [0.4, 0.5) is 5.69 Å². The van der Waals surface area contributed by atoms with E-state index in [0.29, 0.717) is 5.69 Å². The summed E-state index contributed by atoms with van der Waals surface area (Å²) in [5, 5.41) is 13.5. The molecule has 0 aromatic heterocycles. The number of amides is 1. The number of anilines is 1. The van der Waals surface area contributed by atoms with Crippen molar-refractivity contribution in [2.24, 2.45) is 17.8 Å². The van der Waals surface area contributed by atoms with Crippen LogP contribution in [0, 0.1) is 27.9 Å². The Morgan fingerprint density at radius 3 is 2.64 bits per heavy atom. The molecule has 0 heterocycles. The third-order valence-electron chi connectivity index (χ3n) is 5.15. The smallest absolute Gasteiger partial charge is 0.307 e. The number of para-hydroxylation sites is 1. The van der Waals surface area contributed by atoms with Crippen LogP contribution in [-0.2, 0) is 19.1 Å². The number of nitrogens with one attached hydrogen (secondary N) is 1. The number of nitro groups is 1. The molecule has 3 atom stereocenters. The van der Waals surface area contributed by atoms with Crippen molar-refractivity contribution in [3.05, 3.63) is 39.9 Å². The highest BCUT2D eigenvalue weighted by molar-refractivity contribution is 5.94. The molecule has 0 bridgehead atoms. The summed E-state index contributed by atoms with van der Waals surface area (Å²) in [5.74, 6) is -2.48. The van der Waals surface area contributed by atoms with Crippen molar-refractivity contribution in [2.75, 3.05) is 18.5 Å². The summed E-state index contributed by atoms with van der Waals surface area (Å²) in [7, 11) is 0. The Balaban J connectivity index is 1.89. The highest BCUT2D eigenvalue weighted by Crippen LogP contribution is 2.36. The minimum atomic E-state index is -0.724. The molecule has 1 fully saturated rings. The molecule has 2 rings (SSSR count). The van der Waals surface area contributed by atoms with Crippen molar-refractivity contribution < 1.29 is 24.0 Å². The Kier molecular flexibility index (Phi) is 7.25. The molecule has 1 aromatic rings. The van der Waals surface area contributed by atoms with Gasteiger partial charge in [-0.05, 0) is 23.5 Å². The number of esters is 1. The van der Waals surface area contributed by atoms with E-state index in [-0.39, 0.29) is 37.0 Å². The number of nitrogens with zero attached hydrogens (tertiary/aromatic N) is 1. The fraction of sp³-hybridized carbons (Fsp3) is 0.550. The second-order valence-corrected chi connectivity index (χ2v) is 7.59. The summed E-state index contributed by atoms with van der Waals surface area (Å²) in [5.41, 5.74) is 1.62. The summed E-state index contributed by atoms with van der Waals surface area (Å²) < 4.78 is 5.00. The van der Waals surface area contributed by atoms with E-state index in [1.807, 2.05) is 26.0 Å². The molecule has 0 unspecified atom stereocenters. The van der Waals surface area contributed by atoms with Gasteiger partial charge >= 0.3 is 5.97 Å². The summed E-state index contributed by atoms with van der Waals surface area (Å²) >= 11 is 0. The maximum Gasteiger partial charge on any atom is 0.307 e. The first-order valence-electron chi connectivity index (χ1n) is 9.38. The second kappa shape index (κ2) is 9.43. The zero-order chi connectivity index (χ0) is 20.8. The molecule has 1 aliphatic carbocycles. The first-order valence-corrected chi connectivity index (χ1v) is 9.38. The Hall–Kier alpha value is -2.77. The van der Waals surface area contributed by atoms with Crippen molar-refractivity contribution in [3.63, 3.8) is 0 Å². The lowest BCUT2D eigenvalue weighted by Gasteiger charge is -2.17. The number of rotatable bonds is 8. The van der Waals surface area contributed by atoms with Crippen molar-refractivity contribution in [1.29, 1.82) is 0 Å². The van der Waals surface area contributed by atoms with E-state index in [1.165, 1.54) is 0 Å². The summed E-state index contributed by atoms with van der Waals surface area (Å²) in [6.07, 6.45) is -0.0134. The van der Waals surface area contributed by atoms with E-state index >= 15 is 0 Å². The van der Waals surface area contributed by atoms with E-state index < -0.39 is 35.2 Å². The number of carbonyl (C=O) groups excluding carboxylic acids is 3. The quantitative estimate of drug-likeness (QED) is 0.414. The molecule has 1 aliphatic rings. The third-order valence-corrected chi connectivity index (χ3v) is 5.15. The molecule has 1 N–H and O–H groups in total. The fourth-order valence-corrected chi connectivity index (χ4v) is 3.69. The van der Waals surface area contributed by atoms with Crippen LogP contribution in [0.1, 0.15) is 45.1 Å². The number of Topliss-reactive ketones (excluding diaryl/α,β-unsaturated/α-hetero) is 1. The van der Waals surface area contributed by atoms with Crippen LogP contribution in [0.15, 0.2) is 24.3 Å². The van der Waals surface area contributed by atoms with Gasteiger partial charge in [-0.1, -0.05) is 39.0 Å². The minimum Gasteiger partial charge on any atom is -0.456 e. The topological polar surface area (TPSA) is 116 Å². The zero-order valence-corrected chi connectivity index (χ0v) is 16.3. The number of ether oxygens (including phenoxy) is 1. The van der Waals surface area contributed by atoms with Gasteiger partial charge in [0.15, 0.2) is 6.61 Å². The van der Waals surface area contributed by atoms with Gasteiger partial charge in [0.1, 0.15) is 5.78 Å². The van der Waals surface area contributed by atoms with Crippen LogP contribution < -0.4 is 5.32 Å². The van der Waals surface area contributed by atoms with Gasteiger partial charge in [-0.25, -0.2) is 0 Å². The summed E-state index contributed by atoms with van der Waals surface area (Å²) in [4.78, 5) is 46.7. The lowest BCUT2D eigenvalue weighted by Crippen LogP contribution is -2.28. The van der Waals surface area contributed by atoms with Gasteiger partial charge in [0, 0.05) is 28.9 Å². The lowest BCUT2D eigenvalue weighted by molar-refractivity contribution is -0.490. The molecule has 8 nitrogen and oxygen atoms in total. The Morgan fingerprint density at radius 1 is 1.32 bits per heavy atom. The summed E-state index contributed by atoms with van der Waals surface area (Å²) in [6, 6.07) is 7.37. The minimum absolute atomic E-state index is 0.147. The second-order valence-electron chi connectivity index (χ2n) is 7.59. The molecule has 0 spiro atoms. The van der Waals surface area contributed by atoms with Crippen LogP contribution in [-0.4, -0.2) is 35.7 Å². The van der Waals surface area contributed by atoms with Gasteiger partial charge < -0.3 is 10.1 Å². The van der Waals surface area contributed by atoms with Crippen LogP contribution >= 0.6 is 0 Å². The molecule has 1 aromatic carbocycles. The fourth-order valence-electron chi connectivity index (χ4n) is 3.69. The standard InChI is InChI=1S/C20H26N2O6/c1-12(2)14-6-4-5-7-17(14)21-19(24)11-28-20(25)9-15-16(10-22(26)27)13(3)8-18(15)23/h4-7,12-13,15-16H,8-11H2,1-3H3,(H,21,24)/t13-,15-,16+/m0/s1. The number of hydrogen-bond donors (Lipinski definition) is 1. The maximum atomic E-state index is 12.1. The third kappa shape index (κ3) is 5.61. The molecule has 1 amide bonds. The average Bonchev–Trinajstić information content (AvgIpc) is 2.86. The number of ketones is 1. The predicted octanol–water partition coefficient (Wildman–Crippen LogP) is 2.80. The van der Waals surface area contributed by atoms with E-state index in [0.717, 1.165) is 5.56 Å². The van der Waals surface area contributed by atoms with Crippen LogP contribution in [0.2, 0.25) is 0 Å². The van der Waals surface area contributed by atoms with Crippen molar-refractivity contribution in [1.82, 2.24) is 0 Å². The number of hydrogen-bond acceptors (Lipinski definition) is 6. The van der Waals surface area contributed by atoms with E-state index in [4.69, 9.17) is 4.74 Å². The molecule has 1 saturated carbocycles. The Labute approximate surface area is 163 Å². The maximum absolute atomic E-state index is 12.1. The number of benzene rings is 1. The zero-order valence-electron chi connectivity index (χ0n) is 16.3. The van der Waals surface area contributed by atoms with Crippen molar-refractivity contribution in [2.45, 2.75) is 39.5 Å². The Bertz CT molecular complexity index is 761. The molecule has 8 heteroatoms. The van der Waals surface area contributed by atoms with Gasteiger partial charge in [0.2, 0.25) is 6.54 Å². The number of carbonyl (C=O) groups is 3.